The summed E-state index contributed by atoms with van der Waals surface area (Å²) in [4.78, 5) is 10.6. The fraction of sp³-hybridized carbons (Fsp3) is 0.750. The van der Waals surface area contributed by atoms with Crippen LogP contribution in [0.25, 0.3) is 0 Å². The van der Waals surface area contributed by atoms with Crippen LogP contribution in [0, 0.1) is 17.8 Å². The van der Waals surface area contributed by atoms with E-state index in [0.717, 1.165) is 25.7 Å². The van der Waals surface area contributed by atoms with Gasteiger partial charge in [0.2, 0.25) is 0 Å². The first-order chi connectivity index (χ1) is 12.5. The number of carbonyl (C=O) groups is 1. The normalized spacial score (nSPS) is 32.3. The van der Waals surface area contributed by atoms with Gasteiger partial charge < -0.3 is 20.1 Å². The first-order valence-corrected chi connectivity index (χ1v) is 9.75. The molecule has 0 aromatic heterocycles. The molecule has 5 nitrogen and oxygen atoms in total. The molecule has 1 aliphatic heterocycles. The van der Waals surface area contributed by atoms with E-state index in [1.54, 1.807) is 0 Å². The van der Waals surface area contributed by atoms with Gasteiger partial charge in [0.25, 0.3) is 0 Å². The van der Waals surface area contributed by atoms with Crippen molar-refractivity contribution in [2.75, 3.05) is 0 Å². The summed E-state index contributed by atoms with van der Waals surface area (Å²) in [5, 5.41) is 28.2. The maximum absolute atomic E-state index is 14.3. The summed E-state index contributed by atoms with van der Waals surface area (Å²) >= 11 is 0. The van der Waals surface area contributed by atoms with Crippen LogP contribution in [0.1, 0.15) is 51.4 Å². The van der Waals surface area contributed by atoms with Crippen molar-refractivity contribution in [3.05, 3.63) is 24.0 Å². The van der Waals surface area contributed by atoms with E-state index in [1.165, 1.54) is 12.8 Å². The Labute approximate surface area is 153 Å². The van der Waals surface area contributed by atoms with Crippen LogP contribution in [0.4, 0.5) is 4.39 Å². The Morgan fingerprint density at radius 2 is 1.96 bits per heavy atom. The van der Waals surface area contributed by atoms with Gasteiger partial charge in [0.15, 0.2) is 12.3 Å². The Hall–Kier alpha value is -1.40. The van der Waals surface area contributed by atoms with Crippen molar-refractivity contribution in [1.82, 2.24) is 0 Å². The van der Waals surface area contributed by atoms with Crippen LogP contribution in [0.3, 0.4) is 0 Å². The molecule has 0 saturated heterocycles. The van der Waals surface area contributed by atoms with Crippen LogP contribution in [0.15, 0.2) is 24.0 Å². The quantitative estimate of drug-likeness (QED) is 0.574. The molecule has 6 atom stereocenters. The van der Waals surface area contributed by atoms with Gasteiger partial charge in [0.05, 0.1) is 6.10 Å². The van der Waals surface area contributed by atoms with Crippen LogP contribution in [0.2, 0.25) is 0 Å². The zero-order valence-electron chi connectivity index (χ0n) is 15.0. The smallest absolute Gasteiger partial charge is 0.332 e. The number of ether oxygens (including phenoxy) is 1. The number of alkyl halides is 1. The van der Waals surface area contributed by atoms with Crippen molar-refractivity contribution in [3.63, 3.8) is 0 Å². The van der Waals surface area contributed by atoms with Gasteiger partial charge in [-0.15, -0.1) is 0 Å². The number of hydrogen-bond donors (Lipinski definition) is 3. The number of aliphatic hydroxyl groups is 2. The van der Waals surface area contributed by atoms with Crippen LogP contribution in [0.5, 0.6) is 0 Å². The van der Waals surface area contributed by atoms with Gasteiger partial charge in [-0.25, -0.2) is 9.18 Å². The number of aliphatic hydroxyl groups excluding tert-OH is 2. The lowest BCUT2D eigenvalue weighted by Gasteiger charge is -2.16. The highest BCUT2D eigenvalue weighted by Crippen LogP contribution is 2.43. The van der Waals surface area contributed by atoms with Crippen LogP contribution >= 0.6 is 0 Å². The number of halogens is 1. The molecule has 0 aromatic rings. The summed E-state index contributed by atoms with van der Waals surface area (Å²) < 4.78 is 20.1. The number of rotatable bonds is 8. The first kappa shape index (κ1) is 19.4. The lowest BCUT2D eigenvalue weighted by molar-refractivity contribution is -0.147. The topological polar surface area (TPSA) is 87.0 Å². The molecular formula is C20H29FO5. The maximum Gasteiger partial charge on any atom is 0.332 e. The summed E-state index contributed by atoms with van der Waals surface area (Å²) in [6, 6.07) is 0. The minimum atomic E-state index is -1.54. The van der Waals surface area contributed by atoms with E-state index in [9.17, 15) is 19.4 Å². The third kappa shape index (κ3) is 4.46. The Bertz CT molecular complexity index is 554. The second-order valence-corrected chi connectivity index (χ2v) is 7.86. The molecule has 146 valence electrons. The molecule has 0 amide bonds. The van der Waals surface area contributed by atoms with Gasteiger partial charge in [-0.1, -0.05) is 25.0 Å². The Morgan fingerprint density at radius 3 is 2.65 bits per heavy atom. The second-order valence-electron chi connectivity index (χ2n) is 7.86. The van der Waals surface area contributed by atoms with Crippen molar-refractivity contribution in [2.24, 2.45) is 17.8 Å². The summed E-state index contributed by atoms with van der Waals surface area (Å²) in [6.45, 7) is 0. The Morgan fingerprint density at radius 1 is 1.23 bits per heavy atom. The average Bonchev–Trinajstić information content (AvgIpc) is 3.33. The average molecular weight is 368 g/mol. The van der Waals surface area contributed by atoms with E-state index >= 15 is 0 Å². The van der Waals surface area contributed by atoms with Gasteiger partial charge in [0, 0.05) is 5.92 Å². The second kappa shape index (κ2) is 8.53. The highest BCUT2D eigenvalue weighted by molar-refractivity contribution is 5.71. The van der Waals surface area contributed by atoms with E-state index in [2.05, 4.69) is 6.08 Å². The molecule has 0 bridgehead atoms. The molecule has 0 spiro atoms. The lowest BCUT2D eigenvalue weighted by Crippen LogP contribution is -2.21. The van der Waals surface area contributed by atoms with Gasteiger partial charge in [0.1, 0.15) is 11.9 Å². The first-order valence-electron chi connectivity index (χ1n) is 9.75. The largest absolute Gasteiger partial charge is 0.491 e. The summed E-state index contributed by atoms with van der Waals surface area (Å²) in [6.07, 6.45) is 8.60. The number of fused-ring (bicyclic) bond motifs is 1. The molecular weight excluding hydrogens is 339 g/mol. The third-order valence-electron chi connectivity index (χ3n) is 6.08. The lowest BCUT2D eigenvalue weighted by atomic mass is 9.92. The van der Waals surface area contributed by atoms with Gasteiger partial charge >= 0.3 is 5.97 Å². The van der Waals surface area contributed by atoms with Crippen LogP contribution in [-0.2, 0) is 9.53 Å². The SMILES string of the molecule is O=C(O)C(O)CC[C@@H](F)C1=C[C@H]2[C@H](CC[C@@H]2C=C[C@H](O)C2CCCC2)O1. The predicted octanol–water partition coefficient (Wildman–Crippen LogP) is 2.97. The highest BCUT2D eigenvalue weighted by Gasteiger charge is 2.41. The summed E-state index contributed by atoms with van der Waals surface area (Å²) in [5.74, 6) is -0.344. The van der Waals surface area contributed by atoms with Crippen LogP contribution in [-0.4, -0.2) is 45.8 Å². The molecule has 3 rings (SSSR count). The van der Waals surface area contributed by atoms with Crippen molar-refractivity contribution < 1.29 is 29.2 Å². The molecule has 3 aliphatic rings. The van der Waals surface area contributed by atoms with E-state index in [1.807, 2.05) is 12.2 Å². The molecule has 2 aliphatic carbocycles. The molecule has 1 heterocycles. The molecule has 0 radical (unpaired) electrons. The van der Waals surface area contributed by atoms with E-state index in [4.69, 9.17) is 9.84 Å². The number of allylic oxidation sites excluding steroid dienone is 2. The van der Waals surface area contributed by atoms with Crippen molar-refractivity contribution in [2.45, 2.75) is 75.9 Å². The number of carboxylic acids is 1. The number of carboxylic acid groups (broad SMARTS) is 1. The molecule has 6 heteroatoms. The van der Waals surface area contributed by atoms with Gasteiger partial charge in [-0.05, 0) is 56.4 Å². The van der Waals surface area contributed by atoms with Crippen molar-refractivity contribution in [1.29, 1.82) is 0 Å². The Kier molecular flexibility index (Phi) is 6.35. The monoisotopic (exact) mass is 368 g/mol. The molecule has 1 unspecified atom stereocenters. The van der Waals surface area contributed by atoms with Gasteiger partial charge in [-0.3, -0.25) is 0 Å². The van der Waals surface area contributed by atoms with E-state index < -0.39 is 24.3 Å². The zero-order valence-corrected chi connectivity index (χ0v) is 15.0. The fourth-order valence-corrected chi connectivity index (χ4v) is 4.47. The fourth-order valence-electron chi connectivity index (χ4n) is 4.47. The number of aliphatic carboxylic acids is 1. The van der Waals surface area contributed by atoms with Crippen molar-refractivity contribution in [3.8, 4) is 0 Å². The predicted molar refractivity (Wildman–Crippen MR) is 94.0 cm³/mol. The minimum absolute atomic E-state index is 0.0362. The van der Waals surface area contributed by atoms with E-state index in [-0.39, 0.29) is 36.5 Å². The summed E-state index contributed by atoms with van der Waals surface area (Å²) in [5.41, 5.74) is 0. The Balaban J connectivity index is 1.53. The molecule has 0 aromatic carbocycles. The minimum Gasteiger partial charge on any atom is -0.491 e. The summed E-state index contributed by atoms with van der Waals surface area (Å²) in [7, 11) is 0. The van der Waals surface area contributed by atoms with Crippen LogP contribution < -0.4 is 0 Å². The third-order valence-corrected chi connectivity index (χ3v) is 6.08. The molecule has 3 N–H and O–H groups in total. The maximum atomic E-state index is 14.3. The standard InChI is InChI=1S/C20H29FO5/c21-15(7-9-17(23)20(24)25)19-11-14-12(6-10-18(14)26-19)5-8-16(22)13-3-1-2-4-13/h5,8,11-18,22-23H,1-4,6-7,9-10H2,(H,24,25)/t12-,14+,15+,16-,17?,18-/m0/s1. The zero-order chi connectivity index (χ0) is 18.7. The number of hydrogen-bond acceptors (Lipinski definition) is 4. The van der Waals surface area contributed by atoms with E-state index in [0.29, 0.717) is 5.92 Å². The van der Waals surface area contributed by atoms with Crippen molar-refractivity contribution >= 4 is 5.97 Å². The highest BCUT2D eigenvalue weighted by atomic mass is 19.1. The van der Waals surface area contributed by atoms with Gasteiger partial charge in [-0.2, -0.15) is 0 Å². The molecule has 2 saturated carbocycles. The molecule has 2 fully saturated rings. The molecule has 26 heavy (non-hydrogen) atoms.